The van der Waals surface area contributed by atoms with E-state index in [0.29, 0.717) is 13.2 Å². The van der Waals surface area contributed by atoms with Gasteiger partial charge >= 0.3 is 0 Å². The summed E-state index contributed by atoms with van der Waals surface area (Å²) in [5, 5.41) is 2.96. The number of thiazole rings is 1. The van der Waals surface area contributed by atoms with Crippen LogP contribution in [0.4, 0.5) is 0 Å². The Morgan fingerprint density at radius 1 is 1.53 bits per heavy atom. The van der Waals surface area contributed by atoms with Crippen molar-refractivity contribution < 1.29 is 9.53 Å². The summed E-state index contributed by atoms with van der Waals surface area (Å²) in [6.07, 6.45) is 0.0207. The summed E-state index contributed by atoms with van der Waals surface area (Å²) in [7, 11) is 1.82. The van der Waals surface area contributed by atoms with Crippen molar-refractivity contribution in [1.82, 2.24) is 9.88 Å². The summed E-state index contributed by atoms with van der Waals surface area (Å²) in [4.78, 5) is 18.3. The van der Waals surface area contributed by atoms with Crippen LogP contribution in [0, 0.1) is 5.41 Å². The van der Waals surface area contributed by atoms with E-state index >= 15 is 0 Å². The van der Waals surface area contributed by atoms with E-state index in [1.807, 2.05) is 47.0 Å². The molecule has 1 atom stereocenters. The molecule has 5 heteroatoms. The van der Waals surface area contributed by atoms with E-state index in [9.17, 15) is 4.79 Å². The molecule has 1 aromatic rings. The van der Waals surface area contributed by atoms with Gasteiger partial charge in [-0.3, -0.25) is 4.79 Å². The van der Waals surface area contributed by atoms with Gasteiger partial charge in [-0.25, -0.2) is 4.98 Å². The number of rotatable bonds is 5. The smallest absolute Gasteiger partial charge is 0.228 e. The molecule has 1 aromatic heterocycles. The Hall–Kier alpha value is -0.940. The summed E-state index contributed by atoms with van der Waals surface area (Å²) in [5.74, 6) is 0.125. The molecule has 0 unspecified atom stereocenters. The highest BCUT2D eigenvalue weighted by Gasteiger charge is 2.25. The van der Waals surface area contributed by atoms with Gasteiger partial charge in [0, 0.05) is 24.4 Å². The molecule has 1 amide bonds. The molecular formula is C14H24N2O2S. The maximum Gasteiger partial charge on any atom is 0.228 e. The second-order valence-corrected chi connectivity index (χ2v) is 6.58. The van der Waals surface area contributed by atoms with Gasteiger partial charge < -0.3 is 9.64 Å². The molecule has 0 aliphatic rings. The zero-order valence-corrected chi connectivity index (χ0v) is 13.5. The van der Waals surface area contributed by atoms with E-state index in [-0.39, 0.29) is 17.4 Å². The fourth-order valence-corrected chi connectivity index (χ4v) is 2.60. The normalized spacial score (nSPS) is 13.4. The number of ether oxygens (including phenoxy) is 1. The van der Waals surface area contributed by atoms with Gasteiger partial charge in [-0.05, 0) is 13.8 Å². The number of hydrogen-bond donors (Lipinski definition) is 0. The first kappa shape index (κ1) is 16.1. The summed E-state index contributed by atoms with van der Waals surface area (Å²) < 4.78 is 5.52. The molecule has 1 heterocycles. The molecule has 4 nitrogen and oxygen atoms in total. The van der Waals surface area contributed by atoms with Crippen molar-refractivity contribution in [3.63, 3.8) is 0 Å². The maximum atomic E-state index is 12.1. The van der Waals surface area contributed by atoms with Crippen LogP contribution in [0.1, 0.15) is 51.4 Å². The van der Waals surface area contributed by atoms with Gasteiger partial charge in [-0.2, -0.15) is 0 Å². The minimum atomic E-state index is -0.355. The third-order valence-electron chi connectivity index (χ3n) is 2.72. The SMILES string of the molecule is CCO[C@H](C)c1nc(CN(C)C(=O)C(C)(C)C)cs1. The highest BCUT2D eigenvalue weighted by atomic mass is 32.1. The molecule has 0 radical (unpaired) electrons. The van der Waals surface area contributed by atoms with Crippen molar-refractivity contribution in [3.05, 3.63) is 16.1 Å². The van der Waals surface area contributed by atoms with Crippen molar-refractivity contribution >= 4 is 17.2 Å². The average Bonchev–Trinajstić information content (AvgIpc) is 2.75. The van der Waals surface area contributed by atoms with Crippen LogP contribution in [-0.4, -0.2) is 29.4 Å². The standard InChI is InChI=1S/C14H24N2O2S/c1-7-18-10(2)12-15-11(9-19-12)8-16(6)13(17)14(3,4)5/h9-10H,7-8H2,1-6H3/t10-/m1/s1. The first-order valence-electron chi connectivity index (χ1n) is 6.57. The topological polar surface area (TPSA) is 42.4 Å². The van der Waals surface area contributed by atoms with Crippen LogP contribution < -0.4 is 0 Å². The lowest BCUT2D eigenvalue weighted by molar-refractivity contribution is -0.138. The molecule has 0 N–H and O–H groups in total. The Labute approximate surface area is 119 Å². The number of nitrogens with zero attached hydrogens (tertiary/aromatic N) is 2. The van der Waals surface area contributed by atoms with Crippen molar-refractivity contribution in [2.75, 3.05) is 13.7 Å². The highest BCUT2D eigenvalue weighted by molar-refractivity contribution is 7.09. The summed E-state index contributed by atoms with van der Waals surface area (Å²) >= 11 is 1.58. The lowest BCUT2D eigenvalue weighted by Crippen LogP contribution is -2.36. The second-order valence-electron chi connectivity index (χ2n) is 5.69. The molecule has 108 valence electrons. The number of amides is 1. The molecule has 1 rings (SSSR count). The van der Waals surface area contributed by atoms with E-state index in [2.05, 4.69) is 4.98 Å². The van der Waals surface area contributed by atoms with E-state index in [1.165, 1.54) is 0 Å². The molecule has 0 saturated heterocycles. The van der Waals surface area contributed by atoms with E-state index < -0.39 is 0 Å². The first-order valence-corrected chi connectivity index (χ1v) is 7.45. The predicted octanol–water partition coefficient (Wildman–Crippen LogP) is 3.25. The molecule has 0 aliphatic heterocycles. The van der Waals surface area contributed by atoms with Gasteiger partial charge in [-0.1, -0.05) is 20.8 Å². The summed E-state index contributed by atoms with van der Waals surface area (Å²) in [6.45, 7) is 11.0. The number of aromatic nitrogens is 1. The fourth-order valence-electron chi connectivity index (χ4n) is 1.79. The van der Waals surface area contributed by atoms with E-state index in [4.69, 9.17) is 4.74 Å². The molecule has 0 aromatic carbocycles. The van der Waals surface area contributed by atoms with Gasteiger partial charge in [-0.15, -0.1) is 11.3 Å². The molecule has 0 fully saturated rings. The Kier molecular flexibility index (Phi) is 5.50. The van der Waals surface area contributed by atoms with Crippen LogP contribution in [0.15, 0.2) is 5.38 Å². The van der Waals surface area contributed by atoms with Crippen molar-refractivity contribution in [2.24, 2.45) is 5.41 Å². The Balaban J connectivity index is 2.66. The third kappa shape index (κ3) is 4.58. The van der Waals surface area contributed by atoms with Crippen LogP contribution in [0.5, 0.6) is 0 Å². The van der Waals surface area contributed by atoms with Gasteiger partial charge in [0.25, 0.3) is 0 Å². The van der Waals surface area contributed by atoms with E-state index in [1.54, 1.807) is 16.2 Å². The molecular weight excluding hydrogens is 260 g/mol. The molecule has 0 saturated carbocycles. The van der Waals surface area contributed by atoms with Crippen LogP contribution in [-0.2, 0) is 16.1 Å². The summed E-state index contributed by atoms with van der Waals surface area (Å²) in [6, 6.07) is 0. The van der Waals surface area contributed by atoms with Crippen molar-refractivity contribution in [1.29, 1.82) is 0 Å². The number of hydrogen-bond acceptors (Lipinski definition) is 4. The Bertz CT molecular complexity index is 423. The van der Waals surface area contributed by atoms with E-state index in [0.717, 1.165) is 10.7 Å². The second kappa shape index (κ2) is 6.48. The molecule has 0 bridgehead atoms. The van der Waals surface area contributed by atoms with Crippen LogP contribution >= 0.6 is 11.3 Å². The molecule has 19 heavy (non-hydrogen) atoms. The van der Waals surface area contributed by atoms with Crippen LogP contribution in [0.2, 0.25) is 0 Å². The lowest BCUT2D eigenvalue weighted by atomic mass is 9.95. The predicted molar refractivity (Wildman–Crippen MR) is 78.1 cm³/mol. The fraction of sp³-hybridized carbons (Fsp3) is 0.714. The zero-order valence-electron chi connectivity index (χ0n) is 12.7. The highest BCUT2D eigenvalue weighted by Crippen LogP contribution is 2.23. The molecule has 0 spiro atoms. The van der Waals surface area contributed by atoms with Crippen LogP contribution in [0.3, 0.4) is 0 Å². The van der Waals surface area contributed by atoms with Crippen molar-refractivity contribution in [3.8, 4) is 0 Å². The minimum absolute atomic E-state index is 0.0207. The molecule has 0 aliphatic carbocycles. The van der Waals surface area contributed by atoms with Gasteiger partial charge in [0.05, 0.1) is 12.2 Å². The van der Waals surface area contributed by atoms with Crippen LogP contribution in [0.25, 0.3) is 0 Å². The monoisotopic (exact) mass is 284 g/mol. The van der Waals surface area contributed by atoms with Gasteiger partial charge in [0.2, 0.25) is 5.91 Å². The Morgan fingerprint density at radius 3 is 2.68 bits per heavy atom. The quantitative estimate of drug-likeness (QED) is 0.833. The largest absolute Gasteiger partial charge is 0.372 e. The minimum Gasteiger partial charge on any atom is -0.372 e. The van der Waals surface area contributed by atoms with Gasteiger partial charge in [0.15, 0.2) is 0 Å². The zero-order chi connectivity index (χ0) is 14.6. The maximum absolute atomic E-state index is 12.1. The average molecular weight is 284 g/mol. The number of carbonyl (C=O) groups is 1. The lowest BCUT2D eigenvalue weighted by Gasteiger charge is -2.25. The first-order chi connectivity index (χ1) is 8.75. The third-order valence-corrected chi connectivity index (χ3v) is 3.78. The summed E-state index contributed by atoms with van der Waals surface area (Å²) in [5.41, 5.74) is 0.568. The van der Waals surface area contributed by atoms with Crippen molar-refractivity contribution in [2.45, 2.75) is 47.3 Å². The van der Waals surface area contributed by atoms with Gasteiger partial charge in [0.1, 0.15) is 11.1 Å². The number of carbonyl (C=O) groups excluding carboxylic acids is 1. The Morgan fingerprint density at radius 2 is 2.16 bits per heavy atom.